The fourth-order valence-corrected chi connectivity index (χ4v) is 2.65. The van der Waals surface area contributed by atoms with Crippen LogP contribution in [0.5, 0.6) is 0 Å². The number of rotatable bonds is 5. The second-order valence-corrected chi connectivity index (χ2v) is 5.57. The lowest BCUT2D eigenvalue weighted by Gasteiger charge is -2.10. The van der Waals surface area contributed by atoms with Crippen molar-refractivity contribution in [1.29, 1.82) is 0 Å². The van der Waals surface area contributed by atoms with Crippen molar-refractivity contribution in [2.24, 2.45) is 0 Å². The molecule has 0 atom stereocenters. The lowest BCUT2D eigenvalue weighted by molar-refractivity contribution is 0.687. The predicted molar refractivity (Wildman–Crippen MR) is 80.1 cm³/mol. The van der Waals surface area contributed by atoms with Gasteiger partial charge in [-0.1, -0.05) is 54.1 Å². The molecule has 2 aromatic carbocycles. The highest BCUT2D eigenvalue weighted by molar-refractivity contribution is 5.33. The van der Waals surface area contributed by atoms with E-state index in [0.29, 0.717) is 0 Å². The fourth-order valence-electron chi connectivity index (χ4n) is 2.65. The lowest BCUT2D eigenvalue weighted by atomic mass is 10.0. The minimum atomic E-state index is 0.831. The maximum atomic E-state index is 3.57. The van der Waals surface area contributed by atoms with Gasteiger partial charge in [0.15, 0.2) is 0 Å². The van der Waals surface area contributed by atoms with Crippen LogP contribution in [0.2, 0.25) is 0 Å². The highest BCUT2D eigenvalue weighted by Gasteiger charge is 2.25. The standard InChI is InChI=1S/C18H21N/c1-14-5-4-6-15(11-14)12-19-13-17-7-2-3-8-18(17)16-9-10-16/h2-8,11,16,19H,9-10,12-13H2,1H3. The molecule has 1 N–H and O–H groups in total. The summed E-state index contributed by atoms with van der Waals surface area (Å²) in [6, 6.07) is 17.6. The molecule has 1 saturated carbocycles. The Hall–Kier alpha value is -1.60. The van der Waals surface area contributed by atoms with E-state index in [1.165, 1.54) is 29.5 Å². The first-order valence-corrected chi connectivity index (χ1v) is 7.17. The molecule has 1 fully saturated rings. The molecule has 0 unspecified atom stereocenters. The Bertz CT molecular complexity index is 555. The molecule has 0 spiro atoms. The predicted octanol–water partition coefficient (Wildman–Crippen LogP) is 4.16. The first kappa shape index (κ1) is 12.4. The summed E-state index contributed by atoms with van der Waals surface area (Å²) in [7, 11) is 0. The number of benzene rings is 2. The molecule has 1 aliphatic carbocycles. The maximum absolute atomic E-state index is 3.57. The Morgan fingerprint density at radius 1 is 1.00 bits per heavy atom. The molecular formula is C18H21N. The van der Waals surface area contributed by atoms with Crippen LogP contribution in [-0.2, 0) is 13.1 Å². The van der Waals surface area contributed by atoms with Crippen molar-refractivity contribution in [3.05, 3.63) is 70.8 Å². The molecule has 19 heavy (non-hydrogen) atoms. The average molecular weight is 251 g/mol. The van der Waals surface area contributed by atoms with Crippen LogP contribution in [0, 0.1) is 6.92 Å². The summed E-state index contributed by atoms with van der Waals surface area (Å²) >= 11 is 0. The molecule has 3 rings (SSSR count). The van der Waals surface area contributed by atoms with Crippen LogP contribution < -0.4 is 5.32 Å². The van der Waals surface area contributed by atoms with Crippen LogP contribution in [-0.4, -0.2) is 0 Å². The van der Waals surface area contributed by atoms with Crippen molar-refractivity contribution in [2.75, 3.05) is 0 Å². The van der Waals surface area contributed by atoms with Crippen LogP contribution in [0.4, 0.5) is 0 Å². The van der Waals surface area contributed by atoms with E-state index < -0.39 is 0 Å². The van der Waals surface area contributed by atoms with Crippen molar-refractivity contribution in [3.63, 3.8) is 0 Å². The van der Waals surface area contributed by atoms with Gasteiger partial charge in [0.1, 0.15) is 0 Å². The third-order valence-corrected chi connectivity index (χ3v) is 3.80. The molecule has 0 aliphatic heterocycles. The SMILES string of the molecule is Cc1cccc(CNCc2ccccc2C2CC2)c1. The third-order valence-electron chi connectivity index (χ3n) is 3.80. The summed E-state index contributed by atoms with van der Waals surface area (Å²) in [4.78, 5) is 0. The summed E-state index contributed by atoms with van der Waals surface area (Å²) in [5.74, 6) is 0.831. The molecule has 0 radical (unpaired) electrons. The average Bonchev–Trinajstić information content (AvgIpc) is 3.24. The van der Waals surface area contributed by atoms with E-state index in [0.717, 1.165) is 19.0 Å². The number of nitrogens with one attached hydrogen (secondary N) is 1. The fraction of sp³-hybridized carbons (Fsp3) is 0.333. The molecular weight excluding hydrogens is 230 g/mol. The van der Waals surface area contributed by atoms with Gasteiger partial charge in [0.25, 0.3) is 0 Å². The normalized spacial score (nSPS) is 14.6. The molecule has 0 heterocycles. The molecule has 1 nitrogen and oxygen atoms in total. The zero-order valence-corrected chi connectivity index (χ0v) is 11.5. The van der Waals surface area contributed by atoms with Gasteiger partial charge in [0.05, 0.1) is 0 Å². The largest absolute Gasteiger partial charge is 0.309 e. The Labute approximate surface area is 115 Å². The molecule has 0 amide bonds. The third kappa shape index (κ3) is 3.24. The molecule has 1 aliphatic rings. The lowest BCUT2D eigenvalue weighted by Crippen LogP contribution is -2.13. The minimum absolute atomic E-state index is 0.831. The van der Waals surface area contributed by atoms with E-state index in [4.69, 9.17) is 0 Å². The highest BCUT2D eigenvalue weighted by atomic mass is 14.8. The molecule has 98 valence electrons. The summed E-state index contributed by atoms with van der Waals surface area (Å²) in [6.45, 7) is 4.06. The number of aryl methyl sites for hydroxylation is 1. The van der Waals surface area contributed by atoms with Gasteiger partial charge in [0.2, 0.25) is 0 Å². The topological polar surface area (TPSA) is 12.0 Å². The molecule has 0 bridgehead atoms. The first-order chi connectivity index (χ1) is 9.33. The molecule has 0 saturated heterocycles. The summed E-state index contributed by atoms with van der Waals surface area (Å²) < 4.78 is 0. The van der Waals surface area contributed by atoms with Crippen LogP contribution >= 0.6 is 0 Å². The second-order valence-electron chi connectivity index (χ2n) is 5.57. The zero-order chi connectivity index (χ0) is 13.1. The van der Waals surface area contributed by atoms with Gasteiger partial charge in [-0.3, -0.25) is 0 Å². The zero-order valence-electron chi connectivity index (χ0n) is 11.5. The van der Waals surface area contributed by atoms with Crippen molar-refractivity contribution in [2.45, 2.75) is 38.8 Å². The Morgan fingerprint density at radius 2 is 1.84 bits per heavy atom. The van der Waals surface area contributed by atoms with E-state index in [-0.39, 0.29) is 0 Å². The Morgan fingerprint density at radius 3 is 2.63 bits per heavy atom. The van der Waals surface area contributed by atoms with E-state index in [2.05, 4.69) is 60.8 Å². The smallest absolute Gasteiger partial charge is 0.0211 e. The van der Waals surface area contributed by atoms with Gasteiger partial charge in [-0.15, -0.1) is 0 Å². The van der Waals surface area contributed by atoms with Crippen molar-refractivity contribution in [3.8, 4) is 0 Å². The second kappa shape index (κ2) is 5.58. The van der Waals surface area contributed by atoms with Crippen molar-refractivity contribution in [1.82, 2.24) is 5.32 Å². The summed E-state index contributed by atoms with van der Waals surface area (Å²) in [5, 5.41) is 3.57. The van der Waals surface area contributed by atoms with Crippen LogP contribution in [0.3, 0.4) is 0 Å². The number of hydrogen-bond donors (Lipinski definition) is 1. The summed E-state index contributed by atoms with van der Waals surface area (Å²) in [6.07, 6.45) is 2.74. The van der Waals surface area contributed by atoms with Gasteiger partial charge >= 0.3 is 0 Å². The molecule has 1 heteroatoms. The maximum Gasteiger partial charge on any atom is 0.0211 e. The van der Waals surface area contributed by atoms with E-state index in [1.807, 2.05) is 0 Å². The van der Waals surface area contributed by atoms with Gasteiger partial charge in [-0.2, -0.15) is 0 Å². The molecule has 2 aromatic rings. The van der Waals surface area contributed by atoms with Gasteiger partial charge < -0.3 is 5.32 Å². The van der Waals surface area contributed by atoms with Crippen LogP contribution in [0.15, 0.2) is 48.5 Å². The number of hydrogen-bond acceptors (Lipinski definition) is 1. The minimum Gasteiger partial charge on any atom is -0.309 e. The molecule has 0 aromatic heterocycles. The van der Waals surface area contributed by atoms with Gasteiger partial charge in [-0.05, 0) is 42.4 Å². The first-order valence-electron chi connectivity index (χ1n) is 7.17. The van der Waals surface area contributed by atoms with Crippen LogP contribution in [0.1, 0.15) is 41.0 Å². The Balaban J connectivity index is 1.60. The Kier molecular flexibility index (Phi) is 3.65. The monoisotopic (exact) mass is 251 g/mol. The van der Waals surface area contributed by atoms with Gasteiger partial charge in [0, 0.05) is 13.1 Å². The van der Waals surface area contributed by atoms with E-state index >= 15 is 0 Å². The van der Waals surface area contributed by atoms with E-state index in [1.54, 1.807) is 5.56 Å². The quantitative estimate of drug-likeness (QED) is 0.841. The van der Waals surface area contributed by atoms with Gasteiger partial charge in [-0.25, -0.2) is 0 Å². The van der Waals surface area contributed by atoms with Crippen molar-refractivity contribution >= 4 is 0 Å². The highest BCUT2D eigenvalue weighted by Crippen LogP contribution is 2.41. The van der Waals surface area contributed by atoms with Crippen LogP contribution in [0.25, 0.3) is 0 Å². The van der Waals surface area contributed by atoms with Crippen molar-refractivity contribution < 1.29 is 0 Å². The van der Waals surface area contributed by atoms with E-state index in [9.17, 15) is 0 Å². The summed E-state index contributed by atoms with van der Waals surface area (Å²) in [5.41, 5.74) is 5.72.